The van der Waals surface area contributed by atoms with E-state index in [1.54, 1.807) is 0 Å². The molecule has 8 rings (SSSR count). The maximum Gasteiger partial charge on any atom is 0.0455 e. The molecule has 0 N–H and O–H groups in total. The molecule has 0 bridgehead atoms. The summed E-state index contributed by atoms with van der Waals surface area (Å²) in [5.41, 5.74) is 14.0. The van der Waals surface area contributed by atoms with Gasteiger partial charge in [-0.1, -0.05) is 147 Å². The van der Waals surface area contributed by atoms with Crippen LogP contribution in [0.15, 0.2) is 140 Å². The molecule has 1 aliphatic heterocycles. The van der Waals surface area contributed by atoms with Gasteiger partial charge in [0.1, 0.15) is 0 Å². The van der Waals surface area contributed by atoms with E-state index in [0.717, 1.165) is 0 Å². The second-order valence-electron chi connectivity index (χ2n) is 12.7. The van der Waals surface area contributed by atoms with Gasteiger partial charge in [0, 0.05) is 23.8 Å². The van der Waals surface area contributed by atoms with Crippen molar-refractivity contribution in [1.82, 2.24) is 0 Å². The highest BCUT2D eigenvalue weighted by atomic mass is 15.1. The van der Waals surface area contributed by atoms with Gasteiger partial charge in [-0.05, 0) is 85.1 Å². The monoisotopic (exact) mass is 565 g/mol. The highest BCUT2D eigenvalue weighted by Gasteiger charge is 2.35. The quantitative estimate of drug-likeness (QED) is 0.193. The molecule has 212 valence electrons. The van der Waals surface area contributed by atoms with Gasteiger partial charge >= 0.3 is 0 Å². The van der Waals surface area contributed by atoms with E-state index in [0.29, 0.717) is 0 Å². The summed E-state index contributed by atoms with van der Waals surface area (Å²) in [5.74, 6) is 0. The van der Waals surface area contributed by atoms with Crippen molar-refractivity contribution >= 4 is 32.9 Å². The number of rotatable bonds is 3. The molecule has 7 aromatic rings. The Morgan fingerprint density at radius 1 is 0.432 bits per heavy atom. The average Bonchev–Trinajstić information content (AvgIpc) is 3.06. The zero-order valence-corrected chi connectivity index (χ0v) is 25.7. The smallest absolute Gasteiger partial charge is 0.0455 e. The second kappa shape index (κ2) is 9.96. The van der Waals surface area contributed by atoms with Gasteiger partial charge in [0.05, 0.1) is 0 Å². The lowest BCUT2D eigenvalue weighted by Gasteiger charge is -2.40. The first-order valence-electron chi connectivity index (χ1n) is 15.5. The fraction of sp³-hybridized carbons (Fsp3) is 0.116. The summed E-state index contributed by atoms with van der Waals surface area (Å²) in [6, 6.07) is 51.6. The third kappa shape index (κ3) is 4.00. The Hall–Kier alpha value is -5.14. The van der Waals surface area contributed by atoms with Crippen molar-refractivity contribution in [3.8, 4) is 33.4 Å². The molecule has 0 spiro atoms. The van der Waals surface area contributed by atoms with Crippen molar-refractivity contribution in [3.05, 3.63) is 156 Å². The Labute approximate surface area is 260 Å². The van der Waals surface area contributed by atoms with Crippen LogP contribution in [0.4, 0.5) is 11.4 Å². The minimum atomic E-state index is -0.0759. The number of para-hydroxylation sites is 1. The summed E-state index contributed by atoms with van der Waals surface area (Å²) >= 11 is 0. The molecular formula is C43H35N. The first-order valence-corrected chi connectivity index (χ1v) is 15.5. The van der Waals surface area contributed by atoms with Gasteiger partial charge in [0.15, 0.2) is 0 Å². The molecule has 1 heteroatoms. The van der Waals surface area contributed by atoms with E-state index in [9.17, 15) is 0 Å². The van der Waals surface area contributed by atoms with Gasteiger partial charge in [-0.3, -0.25) is 0 Å². The molecule has 1 aliphatic rings. The first-order chi connectivity index (χ1) is 21.4. The number of hydrogen-bond donors (Lipinski definition) is 0. The molecular weight excluding hydrogens is 530 g/mol. The van der Waals surface area contributed by atoms with Gasteiger partial charge in [0.2, 0.25) is 0 Å². The minimum absolute atomic E-state index is 0.0759. The van der Waals surface area contributed by atoms with Crippen molar-refractivity contribution in [3.63, 3.8) is 0 Å². The standard InChI is InChI=1S/C43H35N/c1-28-18-24-35-36(26-28)42(32-23-25-38-40(27-32)44(4)39-17-11-10-16-37(39)43(38,2)3)34-15-9-8-14-33(34)41(35)31-21-19-30(20-22-31)29-12-6-5-7-13-29/h5-27H,1-4H3. The number of aryl methyl sites for hydroxylation is 1. The Kier molecular flexibility index (Phi) is 6.00. The molecule has 0 unspecified atom stereocenters. The fourth-order valence-electron chi connectivity index (χ4n) is 7.44. The van der Waals surface area contributed by atoms with Gasteiger partial charge in [-0.15, -0.1) is 0 Å². The van der Waals surface area contributed by atoms with E-state index in [2.05, 4.69) is 172 Å². The molecule has 0 radical (unpaired) electrons. The van der Waals surface area contributed by atoms with Gasteiger partial charge in [-0.2, -0.15) is 0 Å². The number of hydrogen-bond acceptors (Lipinski definition) is 1. The molecule has 0 saturated heterocycles. The summed E-state index contributed by atoms with van der Waals surface area (Å²) in [6.45, 7) is 6.90. The predicted octanol–water partition coefficient (Wildman–Crippen LogP) is 11.7. The SMILES string of the molecule is Cc1ccc2c(-c3ccc(-c4ccccc4)cc3)c3ccccc3c(-c3ccc4c(c3)N(C)c3ccccc3C4(C)C)c2c1. The molecule has 0 atom stereocenters. The lowest BCUT2D eigenvalue weighted by Crippen LogP contribution is -2.30. The molecule has 0 aromatic heterocycles. The lowest BCUT2D eigenvalue weighted by molar-refractivity contribution is 0.629. The van der Waals surface area contributed by atoms with E-state index in [1.807, 2.05) is 0 Å². The third-order valence-corrected chi connectivity index (χ3v) is 9.72. The zero-order valence-electron chi connectivity index (χ0n) is 25.7. The third-order valence-electron chi connectivity index (χ3n) is 9.72. The second-order valence-corrected chi connectivity index (χ2v) is 12.7. The summed E-state index contributed by atoms with van der Waals surface area (Å²) in [6.07, 6.45) is 0. The zero-order chi connectivity index (χ0) is 30.0. The average molecular weight is 566 g/mol. The van der Waals surface area contributed by atoms with Crippen LogP contribution in [0.1, 0.15) is 30.5 Å². The first kappa shape index (κ1) is 26.5. The Balaban J connectivity index is 1.37. The van der Waals surface area contributed by atoms with E-state index in [-0.39, 0.29) is 5.41 Å². The summed E-state index contributed by atoms with van der Waals surface area (Å²) in [5, 5.41) is 5.14. The summed E-state index contributed by atoms with van der Waals surface area (Å²) in [4.78, 5) is 2.37. The van der Waals surface area contributed by atoms with Gasteiger partial charge in [-0.25, -0.2) is 0 Å². The highest BCUT2D eigenvalue weighted by molar-refractivity contribution is 6.21. The van der Waals surface area contributed by atoms with Crippen LogP contribution in [0.3, 0.4) is 0 Å². The maximum absolute atomic E-state index is 2.42. The van der Waals surface area contributed by atoms with Crippen molar-refractivity contribution in [2.75, 3.05) is 11.9 Å². The van der Waals surface area contributed by atoms with Crippen molar-refractivity contribution in [2.24, 2.45) is 0 Å². The molecule has 0 amide bonds. The molecule has 44 heavy (non-hydrogen) atoms. The number of fused-ring (bicyclic) bond motifs is 4. The van der Waals surface area contributed by atoms with Gasteiger partial charge in [0.25, 0.3) is 0 Å². The number of benzene rings is 7. The van der Waals surface area contributed by atoms with Crippen LogP contribution in [-0.4, -0.2) is 7.05 Å². The molecule has 7 aromatic carbocycles. The van der Waals surface area contributed by atoms with E-state index >= 15 is 0 Å². The van der Waals surface area contributed by atoms with E-state index in [4.69, 9.17) is 0 Å². The number of nitrogens with zero attached hydrogens (tertiary/aromatic N) is 1. The predicted molar refractivity (Wildman–Crippen MR) is 189 cm³/mol. The van der Waals surface area contributed by atoms with E-state index < -0.39 is 0 Å². The molecule has 0 aliphatic carbocycles. The van der Waals surface area contributed by atoms with Crippen LogP contribution in [0.5, 0.6) is 0 Å². The van der Waals surface area contributed by atoms with Crippen LogP contribution in [-0.2, 0) is 5.41 Å². The Morgan fingerprint density at radius 3 is 1.73 bits per heavy atom. The molecule has 1 heterocycles. The van der Waals surface area contributed by atoms with Crippen LogP contribution in [0, 0.1) is 6.92 Å². The van der Waals surface area contributed by atoms with Crippen LogP contribution in [0.2, 0.25) is 0 Å². The number of anilines is 2. The Bertz CT molecular complexity index is 2200. The lowest BCUT2D eigenvalue weighted by atomic mass is 9.73. The van der Waals surface area contributed by atoms with Crippen molar-refractivity contribution < 1.29 is 0 Å². The highest BCUT2D eigenvalue weighted by Crippen LogP contribution is 2.51. The summed E-state index contributed by atoms with van der Waals surface area (Å²) in [7, 11) is 2.21. The fourth-order valence-corrected chi connectivity index (χ4v) is 7.44. The maximum atomic E-state index is 2.42. The summed E-state index contributed by atoms with van der Waals surface area (Å²) < 4.78 is 0. The minimum Gasteiger partial charge on any atom is -0.344 e. The normalized spacial score (nSPS) is 13.6. The van der Waals surface area contributed by atoms with Crippen LogP contribution in [0.25, 0.3) is 54.9 Å². The largest absolute Gasteiger partial charge is 0.344 e. The molecule has 0 saturated carbocycles. The van der Waals surface area contributed by atoms with Crippen molar-refractivity contribution in [2.45, 2.75) is 26.2 Å². The van der Waals surface area contributed by atoms with E-state index in [1.165, 1.54) is 83.0 Å². The molecule has 1 nitrogen and oxygen atoms in total. The van der Waals surface area contributed by atoms with Crippen molar-refractivity contribution in [1.29, 1.82) is 0 Å². The van der Waals surface area contributed by atoms with Gasteiger partial charge < -0.3 is 4.90 Å². The Morgan fingerprint density at radius 2 is 0.977 bits per heavy atom. The van der Waals surface area contributed by atoms with Crippen LogP contribution >= 0.6 is 0 Å². The van der Waals surface area contributed by atoms with Crippen LogP contribution < -0.4 is 4.90 Å². The molecule has 0 fully saturated rings. The topological polar surface area (TPSA) is 3.24 Å².